The van der Waals surface area contributed by atoms with Crippen molar-refractivity contribution in [1.29, 1.82) is 0 Å². The summed E-state index contributed by atoms with van der Waals surface area (Å²) >= 11 is 0. The minimum Gasteiger partial charge on any atom is -0.393 e. The average Bonchev–Trinajstić information content (AvgIpc) is 2.41. The fourth-order valence-corrected chi connectivity index (χ4v) is 1.89. The summed E-state index contributed by atoms with van der Waals surface area (Å²) in [5.74, 6) is -0.321. The van der Waals surface area contributed by atoms with Gasteiger partial charge in [0.2, 0.25) is 5.91 Å². The van der Waals surface area contributed by atoms with Gasteiger partial charge in [-0.25, -0.2) is 0 Å². The topological polar surface area (TPSA) is 115 Å². The predicted octanol–water partition coefficient (Wildman–Crippen LogP) is 0.316. The van der Waals surface area contributed by atoms with E-state index in [4.69, 9.17) is 5.11 Å². The van der Waals surface area contributed by atoms with E-state index in [1.54, 1.807) is 19.1 Å². The second-order valence-electron chi connectivity index (χ2n) is 4.57. The lowest BCUT2D eigenvalue weighted by molar-refractivity contribution is -0.116. The standard InChI is InChI=1S/C13H15N3O4/c1-7(17)5-6-10(18)14-9-4-2-3-8-11(9)13(20)16-15-12(8)19/h2-4,7,17H,5-6H2,1H3,(H,14,18)(H,15,19)(H,16,20). The first-order chi connectivity index (χ1) is 9.49. The Kier molecular flexibility index (Phi) is 3.99. The van der Waals surface area contributed by atoms with Crippen LogP contribution in [0.25, 0.3) is 10.8 Å². The molecule has 7 nitrogen and oxygen atoms in total. The zero-order chi connectivity index (χ0) is 14.7. The number of carbonyl (C=O) groups excluding carboxylic acids is 1. The molecule has 2 aromatic rings. The fourth-order valence-electron chi connectivity index (χ4n) is 1.89. The third kappa shape index (κ3) is 2.94. The number of aromatic amines is 2. The molecule has 1 heterocycles. The fraction of sp³-hybridized carbons (Fsp3) is 0.308. The summed E-state index contributed by atoms with van der Waals surface area (Å²) in [6, 6.07) is 4.65. The van der Waals surface area contributed by atoms with Crippen molar-refractivity contribution >= 4 is 22.4 Å². The lowest BCUT2D eigenvalue weighted by atomic mass is 10.1. The Morgan fingerprint density at radius 1 is 1.30 bits per heavy atom. The molecule has 106 valence electrons. The number of amides is 1. The van der Waals surface area contributed by atoms with Crippen molar-refractivity contribution in [2.24, 2.45) is 0 Å². The Bertz CT molecular complexity index is 745. The molecular formula is C13H15N3O4. The summed E-state index contributed by atoms with van der Waals surface area (Å²) in [6.07, 6.45) is -0.109. The molecule has 0 fully saturated rings. The Morgan fingerprint density at radius 3 is 2.70 bits per heavy atom. The third-order valence-corrected chi connectivity index (χ3v) is 2.89. The highest BCUT2D eigenvalue weighted by molar-refractivity contribution is 6.01. The average molecular weight is 277 g/mol. The first-order valence-corrected chi connectivity index (χ1v) is 6.20. The summed E-state index contributed by atoms with van der Waals surface area (Å²) in [5.41, 5.74) is -0.629. The molecule has 7 heteroatoms. The van der Waals surface area contributed by atoms with Gasteiger partial charge >= 0.3 is 0 Å². The van der Waals surface area contributed by atoms with E-state index in [-0.39, 0.29) is 28.8 Å². The number of hydrogen-bond acceptors (Lipinski definition) is 4. The first kappa shape index (κ1) is 14.0. The minimum absolute atomic E-state index is 0.134. The van der Waals surface area contributed by atoms with Crippen LogP contribution in [-0.2, 0) is 4.79 Å². The van der Waals surface area contributed by atoms with Gasteiger partial charge in [-0.3, -0.25) is 24.6 Å². The van der Waals surface area contributed by atoms with Crippen LogP contribution in [0.4, 0.5) is 5.69 Å². The molecule has 0 aliphatic carbocycles. The monoisotopic (exact) mass is 277 g/mol. The number of aromatic nitrogens is 2. The third-order valence-electron chi connectivity index (χ3n) is 2.89. The maximum absolute atomic E-state index is 11.8. The van der Waals surface area contributed by atoms with E-state index in [2.05, 4.69) is 15.5 Å². The SMILES string of the molecule is CC(O)CCC(=O)Nc1cccc2c(=O)[nH][nH]c(=O)c12. The number of hydrogen-bond donors (Lipinski definition) is 4. The van der Waals surface area contributed by atoms with Crippen LogP contribution in [-0.4, -0.2) is 27.3 Å². The van der Waals surface area contributed by atoms with Crippen molar-refractivity contribution in [3.63, 3.8) is 0 Å². The molecule has 4 N–H and O–H groups in total. The molecule has 0 bridgehead atoms. The number of anilines is 1. The molecule has 0 saturated heterocycles. The highest BCUT2D eigenvalue weighted by Crippen LogP contribution is 2.17. The number of rotatable bonds is 4. The lowest BCUT2D eigenvalue weighted by Gasteiger charge is -2.08. The number of H-pyrrole nitrogens is 2. The number of aliphatic hydroxyl groups excluding tert-OH is 1. The van der Waals surface area contributed by atoms with Crippen LogP contribution >= 0.6 is 0 Å². The highest BCUT2D eigenvalue weighted by Gasteiger charge is 2.11. The van der Waals surface area contributed by atoms with E-state index in [9.17, 15) is 14.4 Å². The van der Waals surface area contributed by atoms with E-state index >= 15 is 0 Å². The number of benzene rings is 1. The van der Waals surface area contributed by atoms with E-state index < -0.39 is 17.2 Å². The molecule has 1 amide bonds. The zero-order valence-corrected chi connectivity index (χ0v) is 10.9. The van der Waals surface area contributed by atoms with Gasteiger partial charge < -0.3 is 10.4 Å². The summed E-state index contributed by atoms with van der Waals surface area (Å²) in [7, 11) is 0. The number of aliphatic hydroxyl groups is 1. The zero-order valence-electron chi connectivity index (χ0n) is 10.9. The minimum atomic E-state index is -0.570. The smallest absolute Gasteiger partial charge is 0.272 e. The van der Waals surface area contributed by atoms with E-state index in [1.807, 2.05) is 0 Å². The first-order valence-electron chi connectivity index (χ1n) is 6.20. The second-order valence-corrected chi connectivity index (χ2v) is 4.57. The maximum atomic E-state index is 11.8. The van der Waals surface area contributed by atoms with Gasteiger partial charge in [0.05, 0.1) is 22.6 Å². The highest BCUT2D eigenvalue weighted by atomic mass is 16.3. The van der Waals surface area contributed by atoms with Gasteiger partial charge in [-0.2, -0.15) is 0 Å². The van der Waals surface area contributed by atoms with Gasteiger partial charge in [0.25, 0.3) is 11.1 Å². The second kappa shape index (κ2) is 5.70. The van der Waals surface area contributed by atoms with Gasteiger partial charge in [-0.05, 0) is 25.5 Å². The predicted molar refractivity (Wildman–Crippen MR) is 74.7 cm³/mol. The molecule has 0 aliphatic heterocycles. The van der Waals surface area contributed by atoms with Gasteiger partial charge in [-0.1, -0.05) is 6.07 Å². The van der Waals surface area contributed by atoms with Gasteiger partial charge in [0.1, 0.15) is 0 Å². The van der Waals surface area contributed by atoms with Crippen LogP contribution in [0.5, 0.6) is 0 Å². The van der Waals surface area contributed by atoms with Crippen molar-refractivity contribution in [3.05, 3.63) is 38.9 Å². The largest absolute Gasteiger partial charge is 0.393 e. The lowest BCUT2D eigenvalue weighted by Crippen LogP contribution is -2.21. The Hall–Kier alpha value is -2.41. The molecule has 0 radical (unpaired) electrons. The molecule has 1 atom stereocenters. The van der Waals surface area contributed by atoms with E-state index in [0.29, 0.717) is 6.42 Å². The Balaban J connectivity index is 2.36. The molecule has 0 saturated carbocycles. The van der Waals surface area contributed by atoms with Crippen LogP contribution in [0.1, 0.15) is 19.8 Å². The van der Waals surface area contributed by atoms with Crippen LogP contribution in [0.3, 0.4) is 0 Å². The van der Waals surface area contributed by atoms with Gasteiger partial charge in [-0.15, -0.1) is 0 Å². The van der Waals surface area contributed by atoms with Gasteiger partial charge in [0.15, 0.2) is 0 Å². The number of carbonyl (C=O) groups is 1. The summed E-state index contributed by atoms with van der Waals surface area (Å²) in [5, 5.41) is 16.5. The molecule has 0 spiro atoms. The van der Waals surface area contributed by atoms with Crippen LogP contribution < -0.4 is 16.4 Å². The van der Waals surface area contributed by atoms with Crippen molar-refractivity contribution in [2.75, 3.05) is 5.32 Å². The molecule has 1 aromatic carbocycles. The van der Waals surface area contributed by atoms with E-state index in [1.165, 1.54) is 6.07 Å². The van der Waals surface area contributed by atoms with Crippen LogP contribution in [0, 0.1) is 0 Å². The Labute approximate surface area is 113 Å². The quantitative estimate of drug-likeness (QED) is 0.644. The molecule has 20 heavy (non-hydrogen) atoms. The summed E-state index contributed by atoms with van der Waals surface area (Å²) in [4.78, 5) is 35.1. The maximum Gasteiger partial charge on any atom is 0.272 e. The van der Waals surface area contributed by atoms with Gasteiger partial charge in [0, 0.05) is 6.42 Å². The summed E-state index contributed by atoms with van der Waals surface area (Å²) in [6.45, 7) is 1.59. The Morgan fingerprint density at radius 2 is 2.00 bits per heavy atom. The van der Waals surface area contributed by atoms with Crippen LogP contribution in [0.2, 0.25) is 0 Å². The van der Waals surface area contributed by atoms with Crippen molar-refractivity contribution in [1.82, 2.24) is 10.2 Å². The van der Waals surface area contributed by atoms with Crippen molar-refractivity contribution in [3.8, 4) is 0 Å². The van der Waals surface area contributed by atoms with Crippen LogP contribution in [0.15, 0.2) is 27.8 Å². The molecule has 2 rings (SSSR count). The van der Waals surface area contributed by atoms with Crippen molar-refractivity contribution < 1.29 is 9.90 Å². The molecule has 1 aromatic heterocycles. The normalized spacial score (nSPS) is 12.3. The summed E-state index contributed by atoms with van der Waals surface area (Å²) < 4.78 is 0. The molecule has 0 aliphatic rings. The van der Waals surface area contributed by atoms with Crippen molar-refractivity contribution in [2.45, 2.75) is 25.9 Å². The number of nitrogens with one attached hydrogen (secondary N) is 3. The molecular weight excluding hydrogens is 262 g/mol. The van der Waals surface area contributed by atoms with E-state index in [0.717, 1.165) is 0 Å². The number of fused-ring (bicyclic) bond motifs is 1. The molecule has 1 unspecified atom stereocenters.